The Bertz CT molecular complexity index is 666. The van der Waals surface area contributed by atoms with Crippen molar-refractivity contribution in [2.45, 2.75) is 37.6 Å². The second kappa shape index (κ2) is 7.64. The highest BCUT2D eigenvalue weighted by Crippen LogP contribution is 2.23. The highest BCUT2D eigenvalue weighted by atomic mass is 35.5. The molecule has 2 rings (SSSR count). The van der Waals surface area contributed by atoms with E-state index in [1.165, 1.54) is 6.07 Å². The Morgan fingerprint density at radius 1 is 1.30 bits per heavy atom. The number of benzene rings is 1. The summed E-state index contributed by atoms with van der Waals surface area (Å²) in [7, 11) is -3.33. The number of sulfone groups is 1. The van der Waals surface area contributed by atoms with Gasteiger partial charge in [-0.05, 0) is 50.3 Å². The highest BCUT2D eigenvalue weighted by Gasteiger charge is 2.26. The van der Waals surface area contributed by atoms with Gasteiger partial charge in [-0.1, -0.05) is 6.07 Å². The Morgan fingerprint density at radius 3 is 2.35 bits per heavy atom. The molecule has 1 unspecified atom stereocenters. The predicted molar refractivity (Wildman–Crippen MR) is 93.8 cm³/mol. The van der Waals surface area contributed by atoms with Gasteiger partial charge in [-0.15, -0.1) is 12.4 Å². The van der Waals surface area contributed by atoms with Crippen molar-refractivity contribution in [3.8, 4) is 0 Å². The highest BCUT2D eigenvalue weighted by molar-refractivity contribution is 7.90. The molecule has 1 fully saturated rings. The molecular formula is C16H25ClN2O3S. The second-order valence-corrected chi connectivity index (χ2v) is 8.23. The molecule has 1 heterocycles. The Kier molecular flexibility index (Phi) is 6.62. The quantitative estimate of drug-likeness (QED) is 0.894. The van der Waals surface area contributed by atoms with Crippen LogP contribution < -0.4 is 5.73 Å². The molecule has 1 aromatic rings. The number of likely N-dealkylation sites (tertiary alicyclic amines) is 1. The van der Waals surface area contributed by atoms with E-state index in [1.807, 2.05) is 6.92 Å². The van der Waals surface area contributed by atoms with Crippen molar-refractivity contribution >= 4 is 28.2 Å². The molecule has 7 heteroatoms. The molecule has 0 saturated carbocycles. The summed E-state index contributed by atoms with van der Waals surface area (Å²) in [5, 5.41) is 0. The van der Waals surface area contributed by atoms with E-state index in [-0.39, 0.29) is 29.3 Å². The molecule has 0 spiro atoms. The Hall–Kier alpha value is -1.11. The molecule has 0 aliphatic carbocycles. The summed E-state index contributed by atoms with van der Waals surface area (Å²) < 4.78 is 23.6. The summed E-state index contributed by atoms with van der Waals surface area (Å²) in [4.78, 5) is 14.6. The number of nitrogens with two attached hydrogens (primary N) is 1. The van der Waals surface area contributed by atoms with E-state index in [0.29, 0.717) is 30.1 Å². The maximum absolute atomic E-state index is 12.6. The van der Waals surface area contributed by atoms with Crippen LogP contribution in [-0.2, 0) is 9.84 Å². The topological polar surface area (TPSA) is 80.5 Å². The van der Waals surface area contributed by atoms with Crippen LogP contribution in [0.4, 0.5) is 0 Å². The first-order valence-corrected chi connectivity index (χ1v) is 9.45. The third-order valence-corrected chi connectivity index (χ3v) is 5.64. The van der Waals surface area contributed by atoms with Crippen molar-refractivity contribution < 1.29 is 13.2 Å². The standard InChI is InChI=1S/C16H24N2O3S.ClH/c1-11-4-5-14(10-15(11)22(3,20)21)16(19)18-8-6-13(7-9-18)12(2)17;/h4-5,10,12-13H,6-9,17H2,1-3H3;1H. The van der Waals surface area contributed by atoms with Gasteiger partial charge >= 0.3 is 0 Å². The van der Waals surface area contributed by atoms with Gasteiger partial charge in [0.15, 0.2) is 9.84 Å². The average Bonchev–Trinajstić information content (AvgIpc) is 2.46. The number of aryl methyl sites for hydroxylation is 1. The smallest absolute Gasteiger partial charge is 0.253 e. The van der Waals surface area contributed by atoms with Crippen molar-refractivity contribution in [1.29, 1.82) is 0 Å². The minimum absolute atomic E-state index is 0. The zero-order valence-corrected chi connectivity index (χ0v) is 15.4. The minimum Gasteiger partial charge on any atom is -0.339 e. The number of carbonyl (C=O) groups excluding carboxylic acids is 1. The first-order valence-electron chi connectivity index (χ1n) is 7.55. The molecule has 130 valence electrons. The van der Waals surface area contributed by atoms with Crippen LogP contribution >= 0.6 is 12.4 Å². The molecular weight excluding hydrogens is 336 g/mol. The van der Waals surface area contributed by atoms with Crippen LogP contribution in [-0.4, -0.2) is 44.6 Å². The van der Waals surface area contributed by atoms with Crippen LogP contribution in [0.1, 0.15) is 35.7 Å². The SMILES string of the molecule is Cc1ccc(C(=O)N2CCC(C(C)N)CC2)cc1S(C)(=O)=O.Cl. The summed E-state index contributed by atoms with van der Waals surface area (Å²) in [6.45, 7) is 5.08. The monoisotopic (exact) mass is 360 g/mol. The molecule has 1 amide bonds. The van der Waals surface area contributed by atoms with Crippen molar-refractivity contribution in [1.82, 2.24) is 4.90 Å². The molecule has 1 atom stereocenters. The Morgan fingerprint density at radius 2 is 1.87 bits per heavy atom. The maximum atomic E-state index is 12.6. The van der Waals surface area contributed by atoms with E-state index in [2.05, 4.69) is 0 Å². The number of amides is 1. The number of piperidine rings is 1. The molecule has 23 heavy (non-hydrogen) atoms. The normalized spacial score (nSPS) is 17.5. The van der Waals surface area contributed by atoms with E-state index in [0.717, 1.165) is 19.1 Å². The number of rotatable bonds is 3. The third-order valence-electron chi connectivity index (χ3n) is 4.40. The predicted octanol–water partition coefficient (Wildman–Crippen LogP) is 2.02. The van der Waals surface area contributed by atoms with Crippen molar-refractivity contribution in [2.75, 3.05) is 19.3 Å². The van der Waals surface area contributed by atoms with Gasteiger partial charge < -0.3 is 10.6 Å². The zero-order chi connectivity index (χ0) is 16.5. The number of carbonyl (C=O) groups is 1. The van der Waals surface area contributed by atoms with Crippen molar-refractivity contribution in [2.24, 2.45) is 11.7 Å². The van der Waals surface area contributed by atoms with Crippen molar-refractivity contribution in [3.05, 3.63) is 29.3 Å². The number of halogens is 1. The van der Waals surface area contributed by atoms with Crippen LogP contribution in [0.3, 0.4) is 0 Å². The van der Waals surface area contributed by atoms with Gasteiger partial charge in [-0.25, -0.2) is 8.42 Å². The fourth-order valence-electron chi connectivity index (χ4n) is 2.94. The van der Waals surface area contributed by atoms with E-state index in [1.54, 1.807) is 24.0 Å². The van der Waals surface area contributed by atoms with Gasteiger partial charge in [0, 0.05) is 31.0 Å². The second-order valence-electron chi connectivity index (χ2n) is 6.24. The molecule has 2 N–H and O–H groups in total. The van der Waals surface area contributed by atoms with E-state index in [9.17, 15) is 13.2 Å². The first kappa shape index (κ1) is 19.9. The molecule has 0 radical (unpaired) electrons. The lowest BCUT2D eigenvalue weighted by Crippen LogP contribution is -2.42. The third kappa shape index (κ3) is 4.68. The summed E-state index contributed by atoms with van der Waals surface area (Å²) in [5.41, 5.74) is 7.01. The van der Waals surface area contributed by atoms with Gasteiger partial charge in [0.25, 0.3) is 5.91 Å². The van der Waals surface area contributed by atoms with Crippen LogP contribution in [0.2, 0.25) is 0 Å². The van der Waals surface area contributed by atoms with E-state index >= 15 is 0 Å². The lowest BCUT2D eigenvalue weighted by molar-refractivity contribution is 0.0680. The van der Waals surface area contributed by atoms with Gasteiger partial charge in [-0.2, -0.15) is 0 Å². The largest absolute Gasteiger partial charge is 0.339 e. The van der Waals surface area contributed by atoms with Crippen LogP contribution in [0.25, 0.3) is 0 Å². The van der Waals surface area contributed by atoms with Crippen LogP contribution in [0.5, 0.6) is 0 Å². The number of nitrogens with zero attached hydrogens (tertiary/aromatic N) is 1. The fourth-order valence-corrected chi connectivity index (χ4v) is 3.94. The van der Waals surface area contributed by atoms with Gasteiger partial charge in [-0.3, -0.25) is 4.79 Å². The summed E-state index contributed by atoms with van der Waals surface area (Å²) >= 11 is 0. The molecule has 0 aromatic heterocycles. The molecule has 1 aliphatic rings. The summed E-state index contributed by atoms with van der Waals surface area (Å²) in [6, 6.07) is 5.03. The molecule has 1 saturated heterocycles. The average molecular weight is 361 g/mol. The van der Waals surface area contributed by atoms with E-state index < -0.39 is 9.84 Å². The molecule has 0 bridgehead atoms. The lowest BCUT2D eigenvalue weighted by atomic mass is 9.90. The lowest BCUT2D eigenvalue weighted by Gasteiger charge is -2.33. The van der Waals surface area contributed by atoms with Crippen LogP contribution in [0.15, 0.2) is 23.1 Å². The summed E-state index contributed by atoms with van der Waals surface area (Å²) in [5.74, 6) is 0.349. The summed E-state index contributed by atoms with van der Waals surface area (Å²) in [6.07, 6.45) is 2.96. The molecule has 1 aromatic carbocycles. The molecule has 1 aliphatic heterocycles. The number of hydrogen-bond acceptors (Lipinski definition) is 4. The first-order chi connectivity index (χ1) is 10.2. The van der Waals surface area contributed by atoms with Gasteiger partial charge in [0.2, 0.25) is 0 Å². The van der Waals surface area contributed by atoms with Crippen LogP contribution in [0, 0.1) is 12.8 Å². The Labute approximate surface area is 144 Å². The zero-order valence-electron chi connectivity index (χ0n) is 13.8. The minimum atomic E-state index is -3.33. The van der Waals surface area contributed by atoms with E-state index in [4.69, 9.17) is 5.73 Å². The van der Waals surface area contributed by atoms with Gasteiger partial charge in [0.05, 0.1) is 4.90 Å². The maximum Gasteiger partial charge on any atom is 0.253 e. The van der Waals surface area contributed by atoms with Crippen molar-refractivity contribution in [3.63, 3.8) is 0 Å². The Balaban J connectivity index is 0.00000264. The van der Waals surface area contributed by atoms with Gasteiger partial charge in [0.1, 0.15) is 0 Å². The fraction of sp³-hybridized carbons (Fsp3) is 0.562. The molecule has 5 nitrogen and oxygen atoms in total. The number of hydrogen-bond donors (Lipinski definition) is 1.